The van der Waals surface area contributed by atoms with Gasteiger partial charge in [-0.05, 0) is 25.7 Å². The normalized spacial score (nSPS) is 23.8. The number of hydrogen-bond donors (Lipinski definition) is 2. The molecule has 6 heteroatoms. The zero-order valence-corrected chi connectivity index (χ0v) is 13.5. The maximum atomic E-state index is 5.88. The van der Waals surface area contributed by atoms with Crippen LogP contribution in [0.5, 0.6) is 0 Å². The zero-order valence-electron chi connectivity index (χ0n) is 12.7. The van der Waals surface area contributed by atoms with Crippen molar-refractivity contribution in [1.29, 1.82) is 0 Å². The number of rotatable bonds is 5. The third-order valence-electron chi connectivity index (χ3n) is 3.55. The van der Waals surface area contributed by atoms with Gasteiger partial charge in [0, 0.05) is 29.5 Å². The third-order valence-corrected chi connectivity index (χ3v) is 4.22. The molecule has 0 radical (unpaired) electrons. The second kappa shape index (κ2) is 6.83. The third kappa shape index (κ3) is 4.68. The van der Waals surface area contributed by atoms with Crippen LogP contribution in [0.3, 0.4) is 0 Å². The van der Waals surface area contributed by atoms with Crippen molar-refractivity contribution in [1.82, 2.24) is 9.36 Å². The van der Waals surface area contributed by atoms with Gasteiger partial charge in [0.1, 0.15) is 5.82 Å². The van der Waals surface area contributed by atoms with Gasteiger partial charge in [-0.2, -0.15) is 4.37 Å². The van der Waals surface area contributed by atoms with E-state index in [1.807, 2.05) is 0 Å². The number of anilines is 1. The van der Waals surface area contributed by atoms with Gasteiger partial charge in [0.05, 0.1) is 12.7 Å². The molecule has 0 saturated heterocycles. The highest BCUT2D eigenvalue weighted by molar-refractivity contribution is 7.09. The smallest absolute Gasteiger partial charge is 0.202 e. The number of nitrogens with two attached hydrogens (primary N) is 1. The Hall–Kier alpha value is -0.720. The summed E-state index contributed by atoms with van der Waals surface area (Å²) in [6.07, 6.45) is 4.74. The monoisotopic (exact) mass is 298 g/mol. The topological polar surface area (TPSA) is 73.1 Å². The van der Waals surface area contributed by atoms with E-state index in [0.717, 1.165) is 43.2 Å². The van der Waals surface area contributed by atoms with E-state index in [2.05, 4.69) is 35.4 Å². The quantitative estimate of drug-likeness (QED) is 0.817. The molecule has 0 bridgehead atoms. The molecule has 1 saturated carbocycles. The molecule has 0 aliphatic heterocycles. The molecular formula is C14H26N4OS. The van der Waals surface area contributed by atoms with Crippen LogP contribution in [-0.4, -0.2) is 34.7 Å². The van der Waals surface area contributed by atoms with Crippen molar-refractivity contribution in [2.45, 2.75) is 64.0 Å². The molecule has 0 spiro atoms. The van der Waals surface area contributed by atoms with E-state index in [0.29, 0.717) is 18.8 Å². The lowest BCUT2D eigenvalue weighted by atomic mass is 9.94. The van der Waals surface area contributed by atoms with Crippen LogP contribution in [0.4, 0.5) is 5.13 Å². The van der Waals surface area contributed by atoms with Crippen molar-refractivity contribution in [2.75, 3.05) is 18.5 Å². The first kappa shape index (κ1) is 15.7. The fourth-order valence-electron chi connectivity index (χ4n) is 2.24. The Morgan fingerprint density at radius 2 is 2.00 bits per heavy atom. The number of hydrogen-bond acceptors (Lipinski definition) is 6. The Bertz CT molecular complexity index is 408. The highest BCUT2D eigenvalue weighted by Crippen LogP contribution is 2.23. The van der Waals surface area contributed by atoms with E-state index in [1.165, 1.54) is 11.5 Å². The van der Waals surface area contributed by atoms with Gasteiger partial charge in [-0.25, -0.2) is 4.98 Å². The second-order valence-corrected chi connectivity index (χ2v) is 7.26. The molecule has 114 valence electrons. The molecule has 20 heavy (non-hydrogen) atoms. The van der Waals surface area contributed by atoms with Crippen LogP contribution >= 0.6 is 11.5 Å². The Morgan fingerprint density at radius 3 is 2.60 bits per heavy atom. The summed E-state index contributed by atoms with van der Waals surface area (Å²) in [5, 5.41) is 4.16. The van der Waals surface area contributed by atoms with Gasteiger partial charge < -0.3 is 15.8 Å². The molecule has 0 amide bonds. The summed E-state index contributed by atoms with van der Waals surface area (Å²) in [5.74, 6) is 0.896. The summed E-state index contributed by atoms with van der Waals surface area (Å²) < 4.78 is 10.2. The predicted octanol–water partition coefficient (Wildman–Crippen LogP) is 2.53. The Balaban J connectivity index is 1.65. The fraction of sp³-hybridized carbons (Fsp3) is 0.857. The van der Waals surface area contributed by atoms with Crippen molar-refractivity contribution in [3.63, 3.8) is 0 Å². The lowest BCUT2D eigenvalue weighted by Gasteiger charge is -2.26. The summed E-state index contributed by atoms with van der Waals surface area (Å²) >= 11 is 1.42. The average Bonchev–Trinajstić information content (AvgIpc) is 2.85. The van der Waals surface area contributed by atoms with E-state index < -0.39 is 0 Å². The molecule has 1 aliphatic rings. The van der Waals surface area contributed by atoms with Gasteiger partial charge in [-0.1, -0.05) is 20.8 Å². The Kier molecular flexibility index (Phi) is 5.35. The van der Waals surface area contributed by atoms with Gasteiger partial charge in [-0.15, -0.1) is 0 Å². The number of nitrogens with zero attached hydrogens (tertiary/aromatic N) is 2. The summed E-state index contributed by atoms with van der Waals surface area (Å²) in [6, 6.07) is 0.380. The van der Waals surface area contributed by atoms with Crippen LogP contribution in [0, 0.1) is 0 Å². The summed E-state index contributed by atoms with van der Waals surface area (Å²) in [5.41, 5.74) is 5.89. The molecule has 1 aromatic heterocycles. The largest absolute Gasteiger partial charge is 0.376 e. The van der Waals surface area contributed by atoms with Gasteiger partial charge >= 0.3 is 0 Å². The summed E-state index contributed by atoms with van der Waals surface area (Å²) in [7, 11) is 0. The second-order valence-electron chi connectivity index (χ2n) is 6.51. The molecule has 3 N–H and O–H groups in total. The van der Waals surface area contributed by atoms with Gasteiger partial charge in [0.2, 0.25) is 5.13 Å². The fourth-order valence-corrected chi connectivity index (χ4v) is 3.02. The van der Waals surface area contributed by atoms with Crippen molar-refractivity contribution in [3.8, 4) is 0 Å². The van der Waals surface area contributed by atoms with Crippen molar-refractivity contribution in [3.05, 3.63) is 5.82 Å². The van der Waals surface area contributed by atoms with E-state index in [4.69, 9.17) is 10.5 Å². The number of ether oxygens (including phenoxy) is 1. The van der Waals surface area contributed by atoms with E-state index in [-0.39, 0.29) is 5.41 Å². The molecule has 2 rings (SSSR count). The number of aromatic nitrogens is 2. The van der Waals surface area contributed by atoms with E-state index in [1.54, 1.807) is 0 Å². The van der Waals surface area contributed by atoms with Crippen molar-refractivity contribution < 1.29 is 4.74 Å². The van der Waals surface area contributed by atoms with E-state index in [9.17, 15) is 0 Å². The van der Waals surface area contributed by atoms with Crippen molar-refractivity contribution >= 4 is 16.7 Å². The molecule has 0 aromatic carbocycles. The van der Waals surface area contributed by atoms with Crippen LogP contribution in [0.25, 0.3) is 0 Å². The van der Waals surface area contributed by atoms with Crippen LogP contribution in [0.1, 0.15) is 52.3 Å². The number of nitrogens with one attached hydrogen (secondary N) is 1. The molecule has 5 nitrogen and oxygen atoms in total. The standard InChI is InChI=1S/C14H26N4OS/c1-14(2,3)12-17-13(20-18-12)16-8-9-19-11-6-4-10(15)5-7-11/h10-11H,4-9,15H2,1-3H3,(H,16,17,18). The first-order valence-corrected chi connectivity index (χ1v) is 8.18. The molecule has 1 heterocycles. The lowest BCUT2D eigenvalue weighted by Crippen LogP contribution is -2.31. The maximum Gasteiger partial charge on any atom is 0.202 e. The minimum atomic E-state index is 0.00773. The maximum absolute atomic E-state index is 5.88. The molecule has 1 aromatic rings. The lowest BCUT2D eigenvalue weighted by molar-refractivity contribution is 0.0313. The van der Waals surface area contributed by atoms with Gasteiger partial charge in [0.15, 0.2) is 0 Å². The molecule has 1 fully saturated rings. The Labute approximate surface area is 125 Å². The summed E-state index contributed by atoms with van der Waals surface area (Å²) in [4.78, 5) is 4.50. The molecule has 0 atom stereocenters. The zero-order chi connectivity index (χ0) is 14.6. The van der Waals surface area contributed by atoms with Crippen LogP contribution in [-0.2, 0) is 10.2 Å². The average molecular weight is 298 g/mol. The Morgan fingerprint density at radius 1 is 1.30 bits per heavy atom. The first-order chi connectivity index (χ1) is 9.45. The minimum Gasteiger partial charge on any atom is -0.376 e. The molecule has 0 unspecified atom stereocenters. The molecular weight excluding hydrogens is 272 g/mol. The van der Waals surface area contributed by atoms with Crippen LogP contribution in [0.15, 0.2) is 0 Å². The van der Waals surface area contributed by atoms with Gasteiger partial charge in [-0.3, -0.25) is 0 Å². The van der Waals surface area contributed by atoms with Crippen molar-refractivity contribution in [2.24, 2.45) is 5.73 Å². The SMILES string of the molecule is CC(C)(C)c1nsc(NCCOC2CCC(N)CC2)n1. The molecule has 1 aliphatic carbocycles. The van der Waals surface area contributed by atoms with Crippen LogP contribution < -0.4 is 11.1 Å². The highest BCUT2D eigenvalue weighted by atomic mass is 32.1. The minimum absolute atomic E-state index is 0.00773. The summed E-state index contributed by atoms with van der Waals surface area (Å²) in [6.45, 7) is 7.85. The highest BCUT2D eigenvalue weighted by Gasteiger charge is 2.20. The first-order valence-electron chi connectivity index (χ1n) is 7.40. The van der Waals surface area contributed by atoms with Crippen LogP contribution in [0.2, 0.25) is 0 Å². The van der Waals surface area contributed by atoms with E-state index >= 15 is 0 Å². The van der Waals surface area contributed by atoms with Gasteiger partial charge in [0.25, 0.3) is 0 Å². The predicted molar refractivity (Wildman–Crippen MR) is 83.3 cm³/mol.